The molecule has 0 unspecified atom stereocenters. The van der Waals surface area contributed by atoms with Gasteiger partial charge >= 0.3 is 0 Å². The third-order valence-electron chi connectivity index (χ3n) is 1.20. The molecule has 0 rings (SSSR count). The summed E-state index contributed by atoms with van der Waals surface area (Å²) >= 11 is 0. The van der Waals surface area contributed by atoms with Crippen LogP contribution < -0.4 is 5.73 Å². The first-order valence-electron chi connectivity index (χ1n) is 3.78. The maximum Gasteiger partial charge on any atom is 0.241 e. The van der Waals surface area contributed by atoms with Crippen molar-refractivity contribution < 1.29 is 4.79 Å². The number of primary amides is 1. The third-order valence-corrected chi connectivity index (χ3v) is 1.20. The number of carbonyl (C=O) groups excluding carboxylic acids is 1. The molecule has 0 radical (unpaired) electrons. The van der Waals surface area contributed by atoms with Crippen molar-refractivity contribution in [3.05, 3.63) is 11.6 Å². The number of nitrogens with two attached hydrogens (primary N) is 1. The van der Waals surface area contributed by atoms with Crippen molar-refractivity contribution in [3.8, 4) is 0 Å². The number of hydrogen-bond acceptors (Lipinski definition) is 1. The molecule has 0 aliphatic rings. The van der Waals surface area contributed by atoms with Gasteiger partial charge in [-0.2, -0.15) is 0 Å². The van der Waals surface area contributed by atoms with Gasteiger partial charge in [0.1, 0.15) is 0 Å². The van der Waals surface area contributed by atoms with Gasteiger partial charge in [-0.25, -0.2) is 0 Å². The SMILES string of the molecule is CC(=CC(N)=O)CC(C)(C)C. The number of amides is 1. The van der Waals surface area contributed by atoms with E-state index in [1.54, 1.807) is 0 Å². The van der Waals surface area contributed by atoms with Crippen molar-refractivity contribution in [3.63, 3.8) is 0 Å². The fourth-order valence-electron chi connectivity index (χ4n) is 1.13. The minimum absolute atomic E-state index is 0.232. The topological polar surface area (TPSA) is 43.1 Å². The van der Waals surface area contributed by atoms with E-state index in [1.165, 1.54) is 6.08 Å². The molecule has 2 heteroatoms. The Kier molecular flexibility index (Phi) is 3.30. The van der Waals surface area contributed by atoms with Crippen LogP contribution in [0.3, 0.4) is 0 Å². The van der Waals surface area contributed by atoms with Crippen LogP contribution in [-0.2, 0) is 4.79 Å². The monoisotopic (exact) mass is 155 g/mol. The molecule has 0 saturated heterocycles. The summed E-state index contributed by atoms with van der Waals surface area (Å²) in [4.78, 5) is 10.4. The van der Waals surface area contributed by atoms with Gasteiger partial charge in [-0.3, -0.25) is 4.79 Å². The zero-order valence-electron chi connectivity index (χ0n) is 7.77. The maximum atomic E-state index is 10.4. The average Bonchev–Trinajstić information content (AvgIpc) is 1.53. The molecule has 0 saturated carbocycles. The van der Waals surface area contributed by atoms with Gasteiger partial charge in [-0.1, -0.05) is 26.3 Å². The average molecular weight is 155 g/mol. The highest BCUT2D eigenvalue weighted by atomic mass is 16.1. The van der Waals surface area contributed by atoms with E-state index in [2.05, 4.69) is 20.8 Å². The first-order chi connectivity index (χ1) is 4.81. The van der Waals surface area contributed by atoms with Gasteiger partial charge < -0.3 is 5.73 Å². The summed E-state index contributed by atoms with van der Waals surface area (Å²) in [5.74, 6) is -0.355. The molecule has 0 spiro atoms. The molecule has 0 bridgehead atoms. The number of carbonyl (C=O) groups is 1. The standard InChI is InChI=1S/C9H17NO/c1-7(5-8(10)11)6-9(2,3)4/h5H,6H2,1-4H3,(H2,10,11). The summed E-state index contributed by atoms with van der Waals surface area (Å²) in [7, 11) is 0. The molecule has 11 heavy (non-hydrogen) atoms. The van der Waals surface area contributed by atoms with Crippen LogP contribution in [0.25, 0.3) is 0 Å². The van der Waals surface area contributed by atoms with E-state index in [9.17, 15) is 4.79 Å². The second-order valence-electron chi connectivity index (χ2n) is 4.13. The highest BCUT2D eigenvalue weighted by Gasteiger charge is 2.10. The van der Waals surface area contributed by atoms with Crippen LogP contribution in [0.5, 0.6) is 0 Å². The van der Waals surface area contributed by atoms with Crippen LogP contribution in [0.2, 0.25) is 0 Å². The normalized spacial score (nSPS) is 13.3. The number of hydrogen-bond donors (Lipinski definition) is 1. The molecule has 2 nitrogen and oxygen atoms in total. The van der Waals surface area contributed by atoms with Crippen LogP contribution >= 0.6 is 0 Å². The Bertz CT molecular complexity index is 174. The van der Waals surface area contributed by atoms with Gasteiger partial charge in [0.05, 0.1) is 0 Å². The molecule has 0 aliphatic heterocycles. The molecule has 0 aromatic heterocycles. The minimum Gasteiger partial charge on any atom is -0.366 e. The van der Waals surface area contributed by atoms with E-state index in [-0.39, 0.29) is 11.3 Å². The third kappa shape index (κ3) is 7.10. The summed E-state index contributed by atoms with van der Waals surface area (Å²) in [6, 6.07) is 0. The van der Waals surface area contributed by atoms with Crippen LogP contribution in [0.4, 0.5) is 0 Å². The highest BCUT2D eigenvalue weighted by Crippen LogP contribution is 2.23. The van der Waals surface area contributed by atoms with E-state index >= 15 is 0 Å². The lowest BCUT2D eigenvalue weighted by molar-refractivity contribution is -0.113. The van der Waals surface area contributed by atoms with E-state index in [0.29, 0.717) is 0 Å². The van der Waals surface area contributed by atoms with Gasteiger partial charge in [-0.15, -0.1) is 0 Å². The van der Waals surface area contributed by atoms with Crippen LogP contribution in [0, 0.1) is 5.41 Å². The summed E-state index contributed by atoms with van der Waals surface area (Å²) in [6.45, 7) is 8.32. The van der Waals surface area contributed by atoms with Crippen molar-refractivity contribution in [1.82, 2.24) is 0 Å². The molecule has 0 aromatic carbocycles. The van der Waals surface area contributed by atoms with Crippen molar-refractivity contribution >= 4 is 5.91 Å². The molecule has 0 aliphatic carbocycles. The zero-order chi connectivity index (χ0) is 9.07. The van der Waals surface area contributed by atoms with Gasteiger partial charge in [0.2, 0.25) is 5.91 Å². The van der Waals surface area contributed by atoms with Crippen molar-refractivity contribution in [2.45, 2.75) is 34.1 Å². The molecular weight excluding hydrogens is 138 g/mol. The quantitative estimate of drug-likeness (QED) is 0.608. The molecule has 2 N–H and O–H groups in total. The Hall–Kier alpha value is -0.790. The number of rotatable bonds is 2. The molecule has 64 valence electrons. The van der Waals surface area contributed by atoms with Crippen molar-refractivity contribution in [1.29, 1.82) is 0 Å². The van der Waals surface area contributed by atoms with Crippen molar-refractivity contribution in [2.24, 2.45) is 11.1 Å². The van der Waals surface area contributed by atoms with Gasteiger partial charge in [-0.05, 0) is 18.8 Å². The van der Waals surface area contributed by atoms with E-state index in [4.69, 9.17) is 5.73 Å². The van der Waals surface area contributed by atoms with Gasteiger partial charge in [0.25, 0.3) is 0 Å². The van der Waals surface area contributed by atoms with Gasteiger partial charge in [0.15, 0.2) is 0 Å². The lowest BCUT2D eigenvalue weighted by Gasteiger charge is -2.17. The summed E-state index contributed by atoms with van der Waals surface area (Å²) < 4.78 is 0. The Morgan fingerprint density at radius 3 is 2.18 bits per heavy atom. The Labute approximate surface area is 68.5 Å². The Morgan fingerprint density at radius 2 is 1.91 bits per heavy atom. The molecule has 0 heterocycles. The maximum absolute atomic E-state index is 10.4. The fraction of sp³-hybridized carbons (Fsp3) is 0.667. The fourth-order valence-corrected chi connectivity index (χ4v) is 1.13. The zero-order valence-corrected chi connectivity index (χ0v) is 7.77. The van der Waals surface area contributed by atoms with Crippen LogP contribution in [0.1, 0.15) is 34.1 Å². The van der Waals surface area contributed by atoms with E-state index < -0.39 is 0 Å². The Morgan fingerprint density at radius 1 is 1.45 bits per heavy atom. The summed E-state index contributed by atoms with van der Waals surface area (Å²) in [5, 5.41) is 0. The predicted octanol–water partition coefficient (Wildman–Crippen LogP) is 1.85. The van der Waals surface area contributed by atoms with Crippen molar-refractivity contribution in [2.75, 3.05) is 0 Å². The molecule has 0 fully saturated rings. The second-order valence-corrected chi connectivity index (χ2v) is 4.13. The van der Waals surface area contributed by atoms with Gasteiger partial charge in [0, 0.05) is 6.08 Å². The summed E-state index contributed by atoms with van der Waals surface area (Å²) in [5.41, 5.74) is 6.28. The highest BCUT2D eigenvalue weighted by molar-refractivity contribution is 5.86. The molecular formula is C9H17NO. The smallest absolute Gasteiger partial charge is 0.241 e. The molecule has 0 aromatic rings. The lowest BCUT2D eigenvalue weighted by Crippen LogP contribution is -2.10. The second kappa shape index (κ2) is 3.56. The van der Waals surface area contributed by atoms with Crippen LogP contribution in [0.15, 0.2) is 11.6 Å². The van der Waals surface area contributed by atoms with E-state index in [1.807, 2.05) is 6.92 Å². The van der Waals surface area contributed by atoms with E-state index in [0.717, 1.165) is 12.0 Å². The first-order valence-corrected chi connectivity index (χ1v) is 3.78. The largest absolute Gasteiger partial charge is 0.366 e. The summed E-state index contributed by atoms with van der Waals surface area (Å²) in [6.07, 6.45) is 2.40. The molecule has 0 atom stereocenters. The Balaban J connectivity index is 4.07. The minimum atomic E-state index is -0.355. The van der Waals surface area contributed by atoms with Crippen LogP contribution in [-0.4, -0.2) is 5.91 Å². The lowest BCUT2D eigenvalue weighted by atomic mass is 9.88. The number of allylic oxidation sites excluding steroid dienone is 1. The predicted molar refractivity (Wildman–Crippen MR) is 47.0 cm³/mol. The first kappa shape index (κ1) is 10.2. The molecule has 1 amide bonds.